The third-order valence-electron chi connectivity index (χ3n) is 4.30. The van der Waals surface area contributed by atoms with Gasteiger partial charge in [-0.15, -0.1) is 0 Å². The first kappa shape index (κ1) is 17.2. The van der Waals surface area contributed by atoms with Gasteiger partial charge in [0.1, 0.15) is 5.72 Å². The summed E-state index contributed by atoms with van der Waals surface area (Å²) >= 11 is 3.02. The molecule has 0 bridgehead atoms. The second-order valence-electron chi connectivity index (χ2n) is 5.66. The Morgan fingerprint density at radius 2 is 2.00 bits per heavy atom. The number of piperidine rings is 1. The van der Waals surface area contributed by atoms with Crippen LogP contribution in [0.1, 0.15) is 24.8 Å². The summed E-state index contributed by atoms with van der Waals surface area (Å²) in [5.41, 5.74) is -0.750. The number of halogens is 3. The van der Waals surface area contributed by atoms with E-state index in [1.165, 1.54) is 16.4 Å². The number of alkyl halides is 2. The van der Waals surface area contributed by atoms with Crippen LogP contribution in [0.15, 0.2) is 27.6 Å². The topological polar surface area (TPSA) is 58.6 Å². The molecule has 2 aliphatic rings. The SMILES string of the molecule is O=S(=O)(c1ccc(Br)c(C(F)F)c1)N1CCC2(CC1)NCCO2. The Morgan fingerprint density at radius 1 is 1.30 bits per heavy atom. The molecule has 0 atom stereocenters. The average molecular weight is 411 g/mol. The Hall–Kier alpha value is -0.610. The lowest BCUT2D eigenvalue weighted by Crippen LogP contribution is -2.52. The fraction of sp³-hybridized carbons (Fsp3) is 0.571. The minimum atomic E-state index is -3.79. The molecule has 1 aromatic carbocycles. The van der Waals surface area contributed by atoms with Crippen molar-refractivity contribution in [1.29, 1.82) is 0 Å². The van der Waals surface area contributed by atoms with Crippen LogP contribution in [0.3, 0.4) is 0 Å². The molecule has 23 heavy (non-hydrogen) atoms. The predicted molar refractivity (Wildman–Crippen MR) is 83.8 cm³/mol. The summed E-state index contributed by atoms with van der Waals surface area (Å²) in [6, 6.07) is 3.74. The van der Waals surface area contributed by atoms with E-state index in [9.17, 15) is 17.2 Å². The van der Waals surface area contributed by atoms with Crippen LogP contribution in [0.4, 0.5) is 8.78 Å². The van der Waals surface area contributed by atoms with Crippen molar-refractivity contribution < 1.29 is 21.9 Å². The molecule has 3 rings (SSSR count). The second-order valence-corrected chi connectivity index (χ2v) is 8.45. The van der Waals surface area contributed by atoms with Crippen LogP contribution in [0, 0.1) is 0 Å². The molecule has 1 spiro atoms. The van der Waals surface area contributed by atoms with Gasteiger partial charge in [0.15, 0.2) is 0 Å². The van der Waals surface area contributed by atoms with Gasteiger partial charge in [0, 0.05) is 42.5 Å². The molecule has 5 nitrogen and oxygen atoms in total. The molecule has 0 amide bonds. The largest absolute Gasteiger partial charge is 0.359 e. The van der Waals surface area contributed by atoms with Crippen molar-refractivity contribution in [2.45, 2.75) is 29.9 Å². The molecule has 0 saturated carbocycles. The molecule has 1 N–H and O–H groups in total. The molecular weight excluding hydrogens is 394 g/mol. The van der Waals surface area contributed by atoms with E-state index in [-0.39, 0.29) is 14.9 Å². The lowest BCUT2D eigenvalue weighted by molar-refractivity contribution is -0.0445. The number of benzene rings is 1. The third kappa shape index (κ3) is 3.30. The van der Waals surface area contributed by atoms with Gasteiger partial charge in [-0.25, -0.2) is 17.2 Å². The summed E-state index contributed by atoms with van der Waals surface area (Å²) in [7, 11) is -3.79. The smallest absolute Gasteiger partial charge is 0.264 e. The van der Waals surface area contributed by atoms with Gasteiger partial charge in [-0.05, 0) is 18.2 Å². The lowest BCUT2D eigenvalue weighted by Gasteiger charge is -2.37. The van der Waals surface area contributed by atoms with E-state index in [1.807, 2.05) is 0 Å². The first-order valence-electron chi connectivity index (χ1n) is 7.31. The molecule has 128 valence electrons. The van der Waals surface area contributed by atoms with E-state index in [2.05, 4.69) is 21.2 Å². The molecular formula is C14H17BrF2N2O3S. The molecule has 2 aliphatic heterocycles. The summed E-state index contributed by atoms with van der Waals surface area (Å²) in [6.07, 6.45) is -1.64. The van der Waals surface area contributed by atoms with E-state index in [0.29, 0.717) is 32.5 Å². The summed E-state index contributed by atoms with van der Waals surface area (Å²) in [5.74, 6) is 0. The zero-order valence-corrected chi connectivity index (χ0v) is 14.7. The fourth-order valence-electron chi connectivity index (χ4n) is 2.98. The standard InChI is InChI=1S/C14H17BrF2N2O3S/c15-12-2-1-10(9-11(12)13(16)17)23(20,21)19-6-3-14(4-7-19)18-5-8-22-14/h1-2,9,13,18H,3-8H2. The van der Waals surface area contributed by atoms with Gasteiger partial charge in [0.25, 0.3) is 6.43 Å². The third-order valence-corrected chi connectivity index (χ3v) is 6.91. The monoisotopic (exact) mass is 410 g/mol. The Labute approximate surface area is 142 Å². The molecule has 0 radical (unpaired) electrons. The average Bonchev–Trinajstić information content (AvgIpc) is 2.96. The van der Waals surface area contributed by atoms with Gasteiger partial charge in [0.05, 0.1) is 11.5 Å². The Morgan fingerprint density at radius 3 is 2.57 bits per heavy atom. The van der Waals surface area contributed by atoms with Gasteiger partial charge < -0.3 is 4.74 Å². The van der Waals surface area contributed by atoms with E-state index in [0.717, 1.165) is 12.6 Å². The van der Waals surface area contributed by atoms with E-state index < -0.39 is 22.2 Å². The minimum Gasteiger partial charge on any atom is -0.359 e. The number of ether oxygens (including phenoxy) is 1. The summed E-state index contributed by atoms with van der Waals surface area (Å²) < 4.78 is 58.5. The van der Waals surface area contributed by atoms with Crippen LogP contribution < -0.4 is 5.32 Å². The minimum absolute atomic E-state index is 0.104. The van der Waals surface area contributed by atoms with Crippen LogP contribution in [0.5, 0.6) is 0 Å². The van der Waals surface area contributed by atoms with Gasteiger partial charge in [-0.2, -0.15) is 4.31 Å². The van der Waals surface area contributed by atoms with Gasteiger partial charge >= 0.3 is 0 Å². The van der Waals surface area contributed by atoms with Crippen LogP contribution in [-0.4, -0.2) is 44.7 Å². The van der Waals surface area contributed by atoms with E-state index in [4.69, 9.17) is 4.74 Å². The van der Waals surface area contributed by atoms with Crippen LogP contribution in [0.25, 0.3) is 0 Å². The summed E-state index contributed by atoms with van der Waals surface area (Å²) in [4.78, 5) is -0.104. The molecule has 2 fully saturated rings. The van der Waals surface area contributed by atoms with Gasteiger partial charge in [0.2, 0.25) is 10.0 Å². The van der Waals surface area contributed by atoms with Crippen molar-refractivity contribution in [3.63, 3.8) is 0 Å². The Bertz CT molecular complexity index is 683. The van der Waals surface area contributed by atoms with Crippen molar-refractivity contribution in [1.82, 2.24) is 9.62 Å². The number of sulfonamides is 1. The highest BCUT2D eigenvalue weighted by atomic mass is 79.9. The number of nitrogens with one attached hydrogen (secondary N) is 1. The number of nitrogens with zero attached hydrogens (tertiary/aromatic N) is 1. The van der Waals surface area contributed by atoms with Crippen LogP contribution in [0.2, 0.25) is 0 Å². The summed E-state index contributed by atoms with van der Waals surface area (Å²) in [6.45, 7) is 1.99. The number of rotatable bonds is 3. The van der Waals surface area contributed by atoms with Crippen LogP contribution in [-0.2, 0) is 14.8 Å². The maximum absolute atomic E-state index is 13.0. The first-order chi connectivity index (χ1) is 10.8. The molecule has 2 heterocycles. The van der Waals surface area contributed by atoms with Crippen LogP contribution >= 0.6 is 15.9 Å². The Balaban J connectivity index is 1.81. The summed E-state index contributed by atoms with van der Waals surface area (Å²) in [5, 5.41) is 3.27. The highest BCUT2D eigenvalue weighted by molar-refractivity contribution is 9.10. The quantitative estimate of drug-likeness (QED) is 0.831. The number of hydrogen-bond acceptors (Lipinski definition) is 4. The first-order valence-corrected chi connectivity index (χ1v) is 9.54. The number of hydrogen-bond donors (Lipinski definition) is 1. The molecule has 1 aromatic rings. The predicted octanol–water partition coefficient (Wildman–Crippen LogP) is 2.49. The lowest BCUT2D eigenvalue weighted by atomic mass is 10.0. The van der Waals surface area contributed by atoms with E-state index >= 15 is 0 Å². The van der Waals surface area contributed by atoms with Crippen molar-refractivity contribution in [2.24, 2.45) is 0 Å². The molecule has 9 heteroatoms. The van der Waals surface area contributed by atoms with Crippen molar-refractivity contribution >= 4 is 26.0 Å². The molecule has 0 aliphatic carbocycles. The molecule has 2 saturated heterocycles. The maximum atomic E-state index is 13.0. The second kappa shape index (κ2) is 6.36. The molecule has 0 unspecified atom stereocenters. The molecule has 0 aromatic heterocycles. The van der Waals surface area contributed by atoms with Gasteiger partial charge in [-0.3, -0.25) is 5.32 Å². The van der Waals surface area contributed by atoms with Crippen molar-refractivity contribution in [3.05, 3.63) is 28.2 Å². The highest BCUT2D eigenvalue weighted by Crippen LogP contribution is 2.33. The maximum Gasteiger partial charge on any atom is 0.264 e. The van der Waals surface area contributed by atoms with E-state index in [1.54, 1.807) is 0 Å². The van der Waals surface area contributed by atoms with Crippen molar-refractivity contribution in [2.75, 3.05) is 26.2 Å². The zero-order valence-electron chi connectivity index (χ0n) is 12.3. The Kier molecular flexibility index (Phi) is 4.76. The van der Waals surface area contributed by atoms with Gasteiger partial charge in [-0.1, -0.05) is 15.9 Å². The van der Waals surface area contributed by atoms with Crippen molar-refractivity contribution in [3.8, 4) is 0 Å². The zero-order chi connectivity index (χ0) is 16.7. The normalized spacial score (nSPS) is 22.1. The highest BCUT2D eigenvalue weighted by Gasteiger charge is 2.41. The fourth-order valence-corrected chi connectivity index (χ4v) is 4.88.